The predicted octanol–water partition coefficient (Wildman–Crippen LogP) is 4.43. The molecule has 1 amide bonds. The lowest BCUT2D eigenvalue weighted by molar-refractivity contribution is -0.120. The summed E-state index contributed by atoms with van der Waals surface area (Å²) in [5, 5.41) is 3.05. The van der Waals surface area contributed by atoms with E-state index < -0.39 is 10.0 Å². The van der Waals surface area contributed by atoms with Gasteiger partial charge < -0.3 is 10.1 Å². The van der Waals surface area contributed by atoms with Crippen LogP contribution in [0.5, 0.6) is 5.75 Å². The number of nitrogens with one attached hydrogen (secondary N) is 1. The second-order valence-electron chi connectivity index (χ2n) is 8.01. The molecule has 1 saturated carbocycles. The second kappa shape index (κ2) is 10.7. The minimum Gasteiger partial charge on any atom is -0.494 e. The molecule has 3 rings (SSSR count). The highest BCUT2D eigenvalue weighted by Gasteiger charge is 2.28. The van der Waals surface area contributed by atoms with Gasteiger partial charge in [0.1, 0.15) is 12.3 Å². The molecule has 0 saturated heterocycles. The molecule has 6 nitrogen and oxygen atoms in total. The zero-order chi connectivity index (χ0) is 22.3. The summed E-state index contributed by atoms with van der Waals surface area (Å²) in [4.78, 5) is 13.0. The SMILES string of the molecule is CCOc1ccc(S(=O)(=O)N(CC(=O)NC2CCCCCC2)c2ccc(C)cc2)cc1. The number of hydrogen-bond donors (Lipinski definition) is 1. The molecular formula is C24H32N2O4S. The maximum atomic E-state index is 13.5. The highest BCUT2D eigenvalue weighted by molar-refractivity contribution is 7.92. The van der Waals surface area contributed by atoms with E-state index in [-0.39, 0.29) is 23.4 Å². The Morgan fingerprint density at radius 1 is 1.00 bits per heavy atom. The number of carbonyl (C=O) groups is 1. The average Bonchev–Trinajstić information content (AvgIpc) is 3.02. The van der Waals surface area contributed by atoms with E-state index in [1.54, 1.807) is 24.3 Å². The number of nitrogens with zero attached hydrogens (tertiary/aromatic N) is 1. The molecule has 0 heterocycles. The van der Waals surface area contributed by atoms with Gasteiger partial charge in [-0.25, -0.2) is 8.42 Å². The molecule has 7 heteroatoms. The van der Waals surface area contributed by atoms with Crippen molar-refractivity contribution in [3.8, 4) is 5.75 Å². The quantitative estimate of drug-likeness (QED) is 0.611. The van der Waals surface area contributed by atoms with Crippen LogP contribution >= 0.6 is 0 Å². The van der Waals surface area contributed by atoms with Gasteiger partial charge in [0.05, 0.1) is 17.2 Å². The van der Waals surface area contributed by atoms with Crippen LogP contribution in [0.1, 0.15) is 51.0 Å². The molecule has 2 aromatic rings. The van der Waals surface area contributed by atoms with Crippen LogP contribution in [0.3, 0.4) is 0 Å². The van der Waals surface area contributed by atoms with Crippen molar-refractivity contribution < 1.29 is 17.9 Å². The topological polar surface area (TPSA) is 75.7 Å². The van der Waals surface area contributed by atoms with Crippen molar-refractivity contribution in [2.45, 2.75) is 63.3 Å². The molecule has 0 aromatic heterocycles. The van der Waals surface area contributed by atoms with Gasteiger partial charge in [0.15, 0.2) is 0 Å². The number of anilines is 1. The average molecular weight is 445 g/mol. The number of ether oxygens (including phenoxy) is 1. The number of rotatable bonds is 8. The third kappa shape index (κ3) is 6.23. The van der Waals surface area contributed by atoms with Crippen molar-refractivity contribution >= 4 is 21.6 Å². The van der Waals surface area contributed by atoms with Gasteiger partial charge >= 0.3 is 0 Å². The summed E-state index contributed by atoms with van der Waals surface area (Å²) >= 11 is 0. The summed E-state index contributed by atoms with van der Waals surface area (Å²) in [6, 6.07) is 13.6. The molecule has 1 aliphatic carbocycles. The number of carbonyl (C=O) groups excluding carboxylic acids is 1. The van der Waals surface area contributed by atoms with E-state index in [4.69, 9.17) is 4.74 Å². The highest BCUT2D eigenvalue weighted by Crippen LogP contribution is 2.26. The fraction of sp³-hybridized carbons (Fsp3) is 0.458. The molecule has 0 unspecified atom stereocenters. The van der Waals surface area contributed by atoms with E-state index in [9.17, 15) is 13.2 Å². The van der Waals surface area contributed by atoms with E-state index in [1.165, 1.54) is 29.3 Å². The van der Waals surface area contributed by atoms with E-state index in [1.807, 2.05) is 26.0 Å². The standard InChI is InChI=1S/C24H32N2O4S/c1-3-30-22-14-16-23(17-15-22)31(28,29)26(21-12-10-19(2)11-13-21)18-24(27)25-20-8-6-4-5-7-9-20/h10-17,20H,3-9,18H2,1-2H3,(H,25,27). The fourth-order valence-corrected chi connectivity index (χ4v) is 5.28. The molecule has 0 radical (unpaired) electrons. The van der Waals surface area contributed by atoms with Crippen molar-refractivity contribution in [2.24, 2.45) is 0 Å². The Morgan fingerprint density at radius 3 is 2.19 bits per heavy atom. The van der Waals surface area contributed by atoms with Gasteiger partial charge in [0, 0.05) is 6.04 Å². The van der Waals surface area contributed by atoms with E-state index in [0.717, 1.165) is 31.2 Å². The van der Waals surface area contributed by atoms with Crippen molar-refractivity contribution in [2.75, 3.05) is 17.5 Å². The number of benzene rings is 2. The smallest absolute Gasteiger partial charge is 0.264 e. The Balaban J connectivity index is 1.84. The van der Waals surface area contributed by atoms with Gasteiger partial charge in [-0.05, 0) is 63.1 Å². The first-order chi connectivity index (χ1) is 14.9. The van der Waals surface area contributed by atoms with Crippen LogP contribution in [0.15, 0.2) is 53.4 Å². The van der Waals surface area contributed by atoms with Crippen LogP contribution in [0, 0.1) is 6.92 Å². The first-order valence-corrected chi connectivity index (χ1v) is 12.5. The first kappa shape index (κ1) is 23.1. The minimum absolute atomic E-state index is 0.114. The molecule has 1 fully saturated rings. The normalized spacial score (nSPS) is 15.2. The minimum atomic E-state index is -3.92. The van der Waals surface area contributed by atoms with Gasteiger partial charge in [-0.15, -0.1) is 0 Å². The summed E-state index contributed by atoms with van der Waals surface area (Å²) < 4.78 is 33.6. The van der Waals surface area contributed by atoms with E-state index in [0.29, 0.717) is 18.0 Å². The van der Waals surface area contributed by atoms with Crippen LogP contribution in [0.4, 0.5) is 5.69 Å². The molecular weight excluding hydrogens is 412 g/mol. The lowest BCUT2D eigenvalue weighted by Gasteiger charge is -2.25. The van der Waals surface area contributed by atoms with Crippen LogP contribution in [-0.4, -0.2) is 33.5 Å². The molecule has 2 aromatic carbocycles. The number of amides is 1. The molecule has 0 atom stereocenters. The van der Waals surface area contributed by atoms with Crippen molar-refractivity contribution in [3.05, 3.63) is 54.1 Å². The Morgan fingerprint density at radius 2 is 1.61 bits per heavy atom. The molecule has 0 aliphatic heterocycles. The van der Waals surface area contributed by atoms with Gasteiger partial charge in [0.25, 0.3) is 10.0 Å². The predicted molar refractivity (Wildman–Crippen MR) is 123 cm³/mol. The lowest BCUT2D eigenvalue weighted by Crippen LogP contribution is -2.44. The van der Waals surface area contributed by atoms with E-state index >= 15 is 0 Å². The van der Waals surface area contributed by atoms with Crippen LogP contribution in [0.25, 0.3) is 0 Å². The third-order valence-electron chi connectivity index (χ3n) is 5.55. The number of hydrogen-bond acceptors (Lipinski definition) is 4. The molecule has 1 aliphatic rings. The Bertz CT molecular complexity index is 948. The van der Waals surface area contributed by atoms with E-state index in [2.05, 4.69) is 5.32 Å². The Kier molecular flexibility index (Phi) is 7.96. The van der Waals surface area contributed by atoms with Gasteiger partial charge in [0.2, 0.25) is 5.91 Å². The maximum Gasteiger partial charge on any atom is 0.264 e. The van der Waals surface area contributed by atoms with Crippen LogP contribution < -0.4 is 14.4 Å². The number of sulfonamides is 1. The Hall–Kier alpha value is -2.54. The molecule has 31 heavy (non-hydrogen) atoms. The van der Waals surface area contributed by atoms with Crippen molar-refractivity contribution in [1.29, 1.82) is 0 Å². The first-order valence-electron chi connectivity index (χ1n) is 11.0. The second-order valence-corrected chi connectivity index (χ2v) is 9.87. The summed E-state index contributed by atoms with van der Waals surface area (Å²) in [5.74, 6) is 0.330. The summed E-state index contributed by atoms with van der Waals surface area (Å²) in [6.07, 6.45) is 6.46. The Labute approximate surface area is 185 Å². The zero-order valence-electron chi connectivity index (χ0n) is 18.3. The zero-order valence-corrected chi connectivity index (χ0v) is 19.2. The highest BCUT2D eigenvalue weighted by atomic mass is 32.2. The largest absolute Gasteiger partial charge is 0.494 e. The van der Waals surface area contributed by atoms with Crippen LogP contribution in [0.2, 0.25) is 0 Å². The van der Waals surface area contributed by atoms with Crippen molar-refractivity contribution in [3.63, 3.8) is 0 Å². The van der Waals surface area contributed by atoms with Gasteiger partial charge in [-0.2, -0.15) is 0 Å². The fourth-order valence-electron chi connectivity index (χ4n) is 3.86. The summed E-state index contributed by atoms with van der Waals surface area (Å²) in [6.45, 7) is 4.06. The lowest BCUT2D eigenvalue weighted by atomic mass is 10.1. The monoisotopic (exact) mass is 444 g/mol. The molecule has 1 N–H and O–H groups in total. The summed E-state index contributed by atoms with van der Waals surface area (Å²) in [5.41, 5.74) is 1.49. The third-order valence-corrected chi connectivity index (χ3v) is 7.34. The van der Waals surface area contributed by atoms with Gasteiger partial charge in [-0.1, -0.05) is 43.4 Å². The maximum absolute atomic E-state index is 13.5. The van der Waals surface area contributed by atoms with Crippen LogP contribution in [-0.2, 0) is 14.8 Å². The number of aryl methyl sites for hydroxylation is 1. The van der Waals surface area contributed by atoms with Crippen molar-refractivity contribution in [1.82, 2.24) is 5.32 Å². The summed E-state index contributed by atoms with van der Waals surface area (Å²) in [7, 11) is -3.92. The van der Waals surface area contributed by atoms with Gasteiger partial charge in [-0.3, -0.25) is 9.10 Å². The molecule has 168 valence electrons. The molecule has 0 bridgehead atoms. The molecule has 0 spiro atoms.